The number of ether oxygens (including phenoxy) is 1. The summed E-state index contributed by atoms with van der Waals surface area (Å²) in [5.74, 6) is -2.36. The van der Waals surface area contributed by atoms with E-state index in [-0.39, 0.29) is 10.6 Å². The number of nitriles is 1. The summed E-state index contributed by atoms with van der Waals surface area (Å²) >= 11 is 6.16. The van der Waals surface area contributed by atoms with Crippen LogP contribution in [0, 0.1) is 11.3 Å². The van der Waals surface area contributed by atoms with Gasteiger partial charge in [-0.2, -0.15) is 27.9 Å². The number of benzene rings is 1. The number of aryl methyl sites for hydroxylation is 1. The van der Waals surface area contributed by atoms with Gasteiger partial charge in [0.2, 0.25) is 5.88 Å². The molecule has 3 aromatic rings. The zero-order valence-corrected chi connectivity index (χ0v) is 19.8. The molecule has 1 aliphatic rings. The molecule has 2 unspecified atom stereocenters. The van der Waals surface area contributed by atoms with Crippen LogP contribution in [0.4, 0.5) is 22.0 Å². The molecule has 1 aliphatic carbocycles. The van der Waals surface area contributed by atoms with Gasteiger partial charge in [0.25, 0.3) is 12.3 Å². The molecule has 1 saturated carbocycles. The molecule has 1 amide bonds. The Bertz CT molecular complexity index is 1410. The van der Waals surface area contributed by atoms with Gasteiger partial charge in [-0.3, -0.25) is 4.79 Å². The molecular formula is C23H18ClF5N6O2. The molecule has 2 heterocycles. The van der Waals surface area contributed by atoms with Crippen LogP contribution in [0.15, 0.2) is 43.2 Å². The van der Waals surface area contributed by atoms with E-state index >= 15 is 0 Å². The Balaban J connectivity index is 1.70. The van der Waals surface area contributed by atoms with Gasteiger partial charge in [-0.1, -0.05) is 30.3 Å². The molecule has 2 atom stereocenters. The lowest BCUT2D eigenvalue weighted by atomic mass is 10.1. The highest BCUT2D eigenvalue weighted by molar-refractivity contribution is 6.34. The van der Waals surface area contributed by atoms with Crippen LogP contribution >= 0.6 is 11.6 Å². The number of alkyl halides is 5. The van der Waals surface area contributed by atoms with E-state index in [9.17, 15) is 32.0 Å². The van der Waals surface area contributed by atoms with Crippen LogP contribution < -0.4 is 10.1 Å². The lowest BCUT2D eigenvalue weighted by molar-refractivity contribution is -0.140. The highest BCUT2D eigenvalue weighted by Gasteiger charge is 2.45. The van der Waals surface area contributed by atoms with Gasteiger partial charge in [-0.15, -0.1) is 5.10 Å². The Kier molecular flexibility index (Phi) is 6.72. The first-order valence-corrected chi connectivity index (χ1v) is 11.1. The molecule has 1 aromatic carbocycles. The number of hydrogen-bond donors (Lipinski definition) is 1. The second-order valence-corrected chi connectivity index (χ2v) is 8.70. The quantitative estimate of drug-likeness (QED) is 0.323. The summed E-state index contributed by atoms with van der Waals surface area (Å²) in [6.07, 6.45) is -6.15. The van der Waals surface area contributed by atoms with E-state index in [1.54, 1.807) is 0 Å². The second-order valence-electron chi connectivity index (χ2n) is 8.29. The summed E-state index contributed by atoms with van der Waals surface area (Å²) < 4.78 is 75.3. The van der Waals surface area contributed by atoms with Crippen LogP contribution in [0.3, 0.4) is 0 Å². The number of nitrogens with zero attached hydrogens (tertiary/aromatic N) is 5. The molecule has 37 heavy (non-hydrogen) atoms. The number of nitrogens with one attached hydrogen (secondary N) is 1. The topological polar surface area (TPSA) is 97.8 Å². The molecule has 0 saturated heterocycles. The number of carbonyl (C=O) groups excluding carboxylic acids is 1. The average molecular weight is 541 g/mol. The standard InChI is InChI=1S/C23H18ClF5N6O2/c1-3-16(25)18(26)37-20-17(23(27,28)29)21(34(2)33-20)35-10-13(9-31-35)12-4-5-15(24)14(8-12)19(36)32-22(11-30)6-7-22/h3-5,8-10,16,18H,1,6-7H2,2H3,(H,32,36). The van der Waals surface area contributed by atoms with Gasteiger partial charge in [0.05, 0.1) is 22.9 Å². The third kappa shape index (κ3) is 5.15. The number of halogens is 6. The predicted molar refractivity (Wildman–Crippen MR) is 121 cm³/mol. The Hall–Kier alpha value is -3.92. The zero-order chi connectivity index (χ0) is 27.1. The van der Waals surface area contributed by atoms with E-state index in [1.807, 2.05) is 6.07 Å². The number of hydrogen-bond acceptors (Lipinski definition) is 5. The number of aromatic nitrogens is 4. The summed E-state index contributed by atoms with van der Waals surface area (Å²) in [7, 11) is 1.15. The fourth-order valence-electron chi connectivity index (χ4n) is 3.50. The average Bonchev–Trinajstić information content (AvgIpc) is 3.29. The van der Waals surface area contributed by atoms with Crippen molar-refractivity contribution in [2.24, 2.45) is 7.05 Å². The molecule has 0 aliphatic heterocycles. The Morgan fingerprint density at radius 1 is 1.35 bits per heavy atom. The van der Waals surface area contributed by atoms with Crippen molar-refractivity contribution < 1.29 is 31.5 Å². The Morgan fingerprint density at radius 3 is 2.65 bits per heavy atom. The minimum Gasteiger partial charge on any atom is -0.438 e. The largest absolute Gasteiger partial charge is 0.438 e. The van der Waals surface area contributed by atoms with E-state index in [0.29, 0.717) is 30.0 Å². The van der Waals surface area contributed by atoms with Crippen LogP contribution in [0.25, 0.3) is 16.9 Å². The molecule has 0 spiro atoms. The molecule has 2 aromatic heterocycles. The van der Waals surface area contributed by atoms with Crippen molar-refractivity contribution in [2.75, 3.05) is 0 Å². The summed E-state index contributed by atoms with van der Waals surface area (Å²) in [4.78, 5) is 12.7. The number of rotatable bonds is 8. The smallest absolute Gasteiger partial charge is 0.425 e. The summed E-state index contributed by atoms with van der Waals surface area (Å²) in [5.41, 5.74) is -1.63. The van der Waals surface area contributed by atoms with E-state index in [1.165, 1.54) is 30.6 Å². The minimum atomic E-state index is -5.06. The fraction of sp³-hybridized carbons (Fsp3) is 0.304. The maximum atomic E-state index is 13.9. The van der Waals surface area contributed by atoms with Gasteiger partial charge in [-0.25, -0.2) is 13.8 Å². The maximum absolute atomic E-state index is 13.9. The molecule has 8 nitrogen and oxygen atoms in total. The number of amides is 1. The second kappa shape index (κ2) is 9.51. The molecule has 0 radical (unpaired) electrons. The van der Waals surface area contributed by atoms with Crippen molar-refractivity contribution in [3.8, 4) is 28.9 Å². The van der Waals surface area contributed by atoms with E-state index in [4.69, 9.17) is 11.6 Å². The maximum Gasteiger partial charge on any atom is 0.425 e. The normalized spacial score (nSPS) is 15.9. The molecule has 14 heteroatoms. The summed E-state index contributed by atoms with van der Waals surface area (Å²) in [6, 6.07) is 6.42. The third-order valence-electron chi connectivity index (χ3n) is 5.63. The Labute approximate surface area is 211 Å². The molecule has 1 N–H and O–H groups in total. The summed E-state index contributed by atoms with van der Waals surface area (Å²) in [5, 5.41) is 19.5. The fourth-order valence-corrected chi connectivity index (χ4v) is 3.71. The van der Waals surface area contributed by atoms with E-state index in [2.05, 4.69) is 26.8 Å². The van der Waals surface area contributed by atoms with Crippen LogP contribution in [0.2, 0.25) is 5.02 Å². The van der Waals surface area contributed by atoms with Crippen LogP contribution in [0.1, 0.15) is 28.8 Å². The third-order valence-corrected chi connectivity index (χ3v) is 5.96. The van der Waals surface area contributed by atoms with Gasteiger partial charge in [0.1, 0.15) is 5.54 Å². The minimum absolute atomic E-state index is 0.0672. The molecular weight excluding hydrogens is 523 g/mol. The van der Waals surface area contributed by atoms with E-state index in [0.717, 1.165) is 16.4 Å². The molecule has 4 rings (SSSR count). The van der Waals surface area contributed by atoms with Crippen LogP contribution in [-0.4, -0.2) is 43.5 Å². The zero-order valence-electron chi connectivity index (χ0n) is 19.1. The van der Waals surface area contributed by atoms with Crippen molar-refractivity contribution in [1.82, 2.24) is 24.9 Å². The first-order valence-electron chi connectivity index (χ1n) is 10.7. The van der Waals surface area contributed by atoms with Crippen LogP contribution in [-0.2, 0) is 13.2 Å². The lowest BCUT2D eigenvalue weighted by Crippen LogP contribution is -2.35. The van der Waals surface area contributed by atoms with Crippen molar-refractivity contribution in [3.05, 3.63) is 59.4 Å². The van der Waals surface area contributed by atoms with Crippen molar-refractivity contribution in [3.63, 3.8) is 0 Å². The Morgan fingerprint density at radius 2 is 2.05 bits per heavy atom. The first kappa shape index (κ1) is 26.2. The SMILES string of the molecule is C=CC(F)C(F)Oc1nn(C)c(-n2cc(-c3ccc(Cl)c(C(=O)NC4(C#N)CC4)c3)cn2)c1C(F)(F)F. The van der Waals surface area contributed by atoms with Gasteiger partial charge in [0.15, 0.2) is 17.6 Å². The molecule has 194 valence electrons. The summed E-state index contributed by atoms with van der Waals surface area (Å²) in [6.45, 7) is 3.04. The highest BCUT2D eigenvalue weighted by Crippen LogP contribution is 2.41. The lowest BCUT2D eigenvalue weighted by Gasteiger charge is -2.14. The predicted octanol–water partition coefficient (Wildman–Crippen LogP) is 4.93. The van der Waals surface area contributed by atoms with Gasteiger partial charge < -0.3 is 10.1 Å². The molecule has 0 bridgehead atoms. The highest BCUT2D eigenvalue weighted by atomic mass is 35.5. The molecule has 1 fully saturated rings. The van der Waals surface area contributed by atoms with Crippen molar-refractivity contribution >= 4 is 17.5 Å². The monoisotopic (exact) mass is 540 g/mol. The van der Waals surface area contributed by atoms with E-state index < -0.39 is 47.4 Å². The van der Waals surface area contributed by atoms with Gasteiger partial charge >= 0.3 is 6.18 Å². The first-order chi connectivity index (χ1) is 17.4. The van der Waals surface area contributed by atoms with Crippen LogP contribution in [0.5, 0.6) is 5.88 Å². The van der Waals surface area contributed by atoms with Crippen molar-refractivity contribution in [1.29, 1.82) is 5.26 Å². The van der Waals surface area contributed by atoms with Gasteiger partial charge in [0, 0.05) is 18.8 Å². The van der Waals surface area contributed by atoms with Gasteiger partial charge in [-0.05, 0) is 30.5 Å². The number of carbonyl (C=O) groups is 1. The van der Waals surface area contributed by atoms with Crippen molar-refractivity contribution in [2.45, 2.75) is 37.1 Å².